The van der Waals surface area contributed by atoms with Gasteiger partial charge in [0.1, 0.15) is 0 Å². The fourth-order valence-electron chi connectivity index (χ4n) is 2.96. The van der Waals surface area contributed by atoms with Gasteiger partial charge in [-0.3, -0.25) is 9.59 Å². The van der Waals surface area contributed by atoms with E-state index in [0.29, 0.717) is 16.4 Å². The molecule has 6 heteroatoms. The van der Waals surface area contributed by atoms with Gasteiger partial charge in [0.2, 0.25) is 5.91 Å². The molecule has 0 fully saturated rings. The molecule has 3 N–H and O–H groups in total. The minimum atomic E-state index is -0.360. The Labute approximate surface area is 145 Å². The molecule has 1 aromatic heterocycles. The minimum absolute atomic E-state index is 0.0743. The summed E-state index contributed by atoms with van der Waals surface area (Å²) in [5, 5.41) is 3.27. The molecule has 1 unspecified atom stereocenters. The van der Waals surface area contributed by atoms with Crippen LogP contribution in [-0.4, -0.2) is 16.7 Å². The highest BCUT2D eigenvalue weighted by Crippen LogP contribution is 2.38. The van der Waals surface area contributed by atoms with Crippen LogP contribution in [0.4, 0.5) is 5.13 Å². The number of hydrogen-bond donors (Lipinski definition) is 2. The highest BCUT2D eigenvalue weighted by Gasteiger charge is 2.34. The Balaban J connectivity index is 1.67. The summed E-state index contributed by atoms with van der Waals surface area (Å²) in [6.07, 6.45) is 1.45. The number of carbonyl (C=O) groups excluding carboxylic acids is 2. The number of nitrogens with one attached hydrogen (secondary N) is 1. The lowest BCUT2D eigenvalue weighted by Gasteiger charge is -2.26. The molecule has 1 aliphatic carbocycles. The molecule has 1 amide bonds. The van der Waals surface area contributed by atoms with Crippen LogP contribution in [0.1, 0.15) is 53.7 Å². The number of aromatic nitrogens is 1. The molecule has 1 aromatic carbocycles. The second kappa shape index (κ2) is 6.45. The number of anilines is 1. The van der Waals surface area contributed by atoms with E-state index in [4.69, 9.17) is 5.73 Å². The van der Waals surface area contributed by atoms with E-state index < -0.39 is 0 Å². The van der Waals surface area contributed by atoms with Crippen molar-refractivity contribution in [3.63, 3.8) is 0 Å². The molecule has 5 nitrogen and oxygen atoms in total. The zero-order chi connectivity index (χ0) is 17.3. The first kappa shape index (κ1) is 16.8. The standard InChI is InChI=1S/C18H21N3O2S/c1-18(2)9-13-16(14(22)10-18)24-17(20-13)21-15(23)8-12(19)11-6-4-3-5-7-11/h3-7,12H,8-10,19H2,1-2H3,(H,20,21,23). The van der Waals surface area contributed by atoms with Gasteiger partial charge in [0.05, 0.1) is 10.6 Å². The van der Waals surface area contributed by atoms with Crippen molar-refractivity contribution in [2.45, 2.75) is 39.2 Å². The quantitative estimate of drug-likeness (QED) is 0.892. The Morgan fingerprint density at radius 3 is 2.75 bits per heavy atom. The molecule has 0 spiro atoms. The van der Waals surface area contributed by atoms with Crippen molar-refractivity contribution >= 4 is 28.2 Å². The van der Waals surface area contributed by atoms with E-state index >= 15 is 0 Å². The first-order chi connectivity index (χ1) is 11.3. The van der Waals surface area contributed by atoms with Gasteiger partial charge in [0.25, 0.3) is 0 Å². The van der Waals surface area contributed by atoms with Crippen molar-refractivity contribution in [1.82, 2.24) is 4.98 Å². The van der Waals surface area contributed by atoms with Crippen LogP contribution in [-0.2, 0) is 11.2 Å². The molecule has 0 saturated heterocycles. The van der Waals surface area contributed by atoms with E-state index in [1.54, 1.807) is 0 Å². The first-order valence-electron chi connectivity index (χ1n) is 7.97. The Morgan fingerprint density at radius 1 is 1.33 bits per heavy atom. The largest absolute Gasteiger partial charge is 0.324 e. The smallest absolute Gasteiger partial charge is 0.228 e. The maximum Gasteiger partial charge on any atom is 0.228 e. The van der Waals surface area contributed by atoms with Gasteiger partial charge in [-0.2, -0.15) is 0 Å². The number of fused-ring (bicyclic) bond motifs is 1. The number of hydrogen-bond acceptors (Lipinski definition) is 5. The van der Waals surface area contributed by atoms with Gasteiger partial charge in [0, 0.05) is 18.9 Å². The summed E-state index contributed by atoms with van der Waals surface area (Å²) in [6.45, 7) is 4.12. The summed E-state index contributed by atoms with van der Waals surface area (Å²) >= 11 is 1.26. The van der Waals surface area contributed by atoms with Crippen molar-refractivity contribution in [2.75, 3.05) is 5.32 Å². The summed E-state index contributed by atoms with van der Waals surface area (Å²) in [6, 6.07) is 9.16. The first-order valence-corrected chi connectivity index (χ1v) is 8.79. The van der Waals surface area contributed by atoms with Crippen LogP contribution >= 0.6 is 11.3 Å². The Kier molecular flexibility index (Phi) is 4.51. The summed E-state index contributed by atoms with van der Waals surface area (Å²) in [5.74, 6) is -0.0793. The molecule has 1 atom stereocenters. The predicted molar refractivity (Wildman–Crippen MR) is 95.2 cm³/mol. The van der Waals surface area contributed by atoms with Crippen LogP contribution in [0.5, 0.6) is 0 Å². The molecule has 0 saturated carbocycles. The molecule has 1 heterocycles. The van der Waals surface area contributed by atoms with E-state index in [1.165, 1.54) is 11.3 Å². The van der Waals surface area contributed by atoms with E-state index in [9.17, 15) is 9.59 Å². The molecule has 2 aromatic rings. The van der Waals surface area contributed by atoms with Crippen LogP contribution in [0.15, 0.2) is 30.3 Å². The number of Topliss-reactive ketones (excluding diaryl/α,β-unsaturated/α-hetero) is 1. The number of nitrogens with zero attached hydrogens (tertiary/aromatic N) is 1. The molecule has 0 aliphatic heterocycles. The summed E-state index contributed by atoms with van der Waals surface area (Å²) in [4.78, 5) is 29.5. The van der Waals surface area contributed by atoms with Gasteiger partial charge in [-0.1, -0.05) is 55.5 Å². The van der Waals surface area contributed by atoms with Crippen molar-refractivity contribution < 1.29 is 9.59 Å². The lowest BCUT2D eigenvalue weighted by Crippen LogP contribution is -2.26. The van der Waals surface area contributed by atoms with Gasteiger partial charge in [-0.05, 0) is 17.4 Å². The van der Waals surface area contributed by atoms with Crippen LogP contribution in [0, 0.1) is 5.41 Å². The topological polar surface area (TPSA) is 85.1 Å². The van der Waals surface area contributed by atoms with Gasteiger partial charge in [-0.25, -0.2) is 4.98 Å². The lowest BCUT2D eigenvalue weighted by atomic mass is 9.78. The maximum atomic E-state index is 12.2. The highest BCUT2D eigenvalue weighted by atomic mass is 32.1. The second-order valence-electron chi connectivity index (χ2n) is 7.01. The number of ketones is 1. The summed E-state index contributed by atoms with van der Waals surface area (Å²) in [5.41, 5.74) is 7.71. The number of nitrogens with two attached hydrogens (primary N) is 1. The average Bonchev–Trinajstić information content (AvgIpc) is 2.89. The van der Waals surface area contributed by atoms with Crippen LogP contribution in [0.2, 0.25) is 0 Å². The fraction of sp³-hybridized carbons (Fsp3) is 0.389. The van der Waals surface area contributed by atoms with Crippen LogP contribution < -0.4 is 11.1 Å². The van der Waals surface area contributed by atoms with E-state index in [1.807, 2.05) is 30.3 Å². The molecule has 126 valence electrons. The van der Waals surface area contributed by atoms with Gasteiger partial charge < -0.3 is 11.1 Å². The van der Waals surface area contributed by atoms with Gasteiger partial charge >= 0.3 is 0 Å². The average molecular weight is 343 g/mol. The molecule has 24 heavy (non-hydrogen) atoms. The summed E-state index contributed by atoms with van der Waals surface area (Å²) < 4.78 is 0. The molecular weight excluding hydrogens is 322 g/mol. The third kappa shape index (κ3) is 3.71. The van der Waals surface area contributed by atoms with E-state index in [-0.39, 0.29) is 29.6 Å². The normalized spacial score (nSPS) is 17.2. The number of carbonyl (C=O) groups is 2. The second-order valence-corrected chi connectivity index (χ2v) is 8.00. The van der Waals surface area contributed by atoms with E-state index in [0.717, 1.165) is 17.7 Å². The van der Waals surface area contributed by atoms with Gasteiger partial charge in [0.15, 0.2) is 10.9 Å². The lowest BCUT2D eigenvalue weighted by molar-refractivity contribution is -0.116. The molecule has 0 radical (unpaired) electrons. The summed E-state index contributed by atoms with van der Waals surface area (Å²) in [7, 11) is 0. The van der Waals surface area contributed by atoms with Crippen molar-refractivity contribution in [2.24, 2.45) is 11.1 Å². The number of thiazole rings is 1. The monoisotopic (exact) mass is 343 g/mol. The SMILES string of the molecule is CC1(C)CC(=O)c2sc(NC(=O)CC(N)c3ccccc3)nc2C1. The van der Waals surface area contributed by atoms with Crippen molar-refractivity contribution in [3.8, 4) is 0 Å². The zero-order valence-electron chi connectivity index (χ0n) is 13.8. The number of benzene rings is 1. The number of rotatable bonds is 4. The van der Waals surface area contributed by atoms with E-state index in [2.05, 4.69) is 24.1 Å². The molecule has 0 bridgehead atoms. The van der Waals surface area contributed by atoms with Crippen LogP contribution in [0.25, 0.3) is 0 Å². The zero-order valence-corrected chi connectivity index (χ0v) is 14.7. The fourth-order valence-corrected chi connectivity index (χ4v) is 3.90. The molecular formula is C18H21N3O2S. The number of amides is 1. The highest BCUT2D eigenvalue weighted by molar-refractivity contribution is 7.17. The minimum Gasteiger partial charge on any atom is -0.324 e. The molecule has 1 aliphatic rings. The third-order valence-corrected chi connectivity index (χ3v) is 5.17. The predicted octanol–water partition coefficient (Wildman–Crippen LogP) is 3.33. The van der Waals surface area contributed by atoms with Crippen molar-refractivity contribution in [1.29, 1.82) is 0 Å². The maximum absolute atomic E-state index is 12.2. The Hall–Kier alpha value is -2.05. The Bertz CT molecular complexity index is 768. The van der Waals surface area contributed by atoms with Crippen molar-refractivity contribution in [3.05, 3.63) is 46.5 Å². The third-order valence-electron chi connectivity index (χ3n) is 4.12. The molecule has 3 rings (SSSR count). The van der Waals surface area contributed by atoms with Gasteiger partial charge in [-0.15, -0.1) is 0 Å². The Morgan fingerprint density at radius 2 is 2.04 bits per heavy atom. The van der Waals surface area contributed by atoms with Crippen LogP contribution in [0.3, 0.4) is 0 Å².